The summed E-state index contributed by atoms with van der Waals surface area (Å²) in [6, 6.07) is 9.58. The van der Waals surface area contributed by atoms with Gasteiger partial charge in [0.1, 0.15) is 10.5 Å². The van der Waals surface area contributed by atoms with Crippen molar-refractivity contribution in [2.24, 2.45) is 0 Å². The Kier molecular flexibility index (Phi) is 4.49. The van der Waals surface area contributed by atoms with Crippen molar-refractivity contribution in [1.29, 1.82) is 0 Å². The minimum Gasteiger partial charge on any atom is -0.326 e. The quantitative estimate of drug-likeness (QED) is 0.576. The number of nitrogens with one attached hydrogen (secondary N) is 1. The van der Waals surface area contributed by atoms with Gasteiger partial charge in [-0.15, -0.1) is 21.5 Å². The Hall–Kier alpha value is -3.00. The zero-order valence-electron chi connectivity index (χ0n) is 15.1. The van der Waals surface area contributed by atoms with E-state index in [4.69, 9.17) is 0 Å². The molecule has 138 valence electrons. The maximum absolute atomic E-state index is 12.6. The number of carbonyl (C=O) groups excluding carboxylic acids is 1. The maximum atomic E-state index is 12.6. The summed E-state index contributed by atoms with van der Waals surface area (Å²) in [7, 11) is 0. The van der Waals surface area contributed by atoms with Gasteiger partial charge in [-0.05, 0) is 37.4 Å². The number of benzene rings is 1. The molecule has 0 saturated carbocycles. The summed E-state index contributed by atoms with van der Waals surface area (Å²) in [6.07, 6.45) is 0.720. The molecule has 1 N–H and O–H groups in total. The van der Waals surface area contributed by atoms with Gasteiger partial charge in [0.05, 0.1) is 5.52 Å². The molecule has 4 rings (SSSR count). The average Bonchev–Trinajstić information content (AvgIpc) is 3.29. The van der Waals surface area contributed by atoms with Crippen LogP contribution in [0.3, 0.4) is 0 Å². The number of rotatable bonds is 5. The van der Waals surface area contributed by atoms with Gasteiger partial charge >= 0.3 is 0 Å². The van der Waals surface area contributed by atoms with E-state index in [0.717, 1.165) is 16.8 Å². The van der Waals surface area contributed by atoms with E-state index in [1.807, 2.05) is 54.0 Å². The molecule has 7 nitrogen and oxygen atoms in total. The fourth-order valence-corrected chi connectivity index (χ4v) is 3.94. The normalized spacial score (nSPS) is 11.3. The maximum Gasteiger partial charge on any atom is 0.272 e. The average molecular weight is 381 g/mol. The van der Waals surface area contributed by atoms with E-state index < -0.39 is 0 Å². The van der Waals surface area contributed by atoms with Crippen molar-refractivity contribution < 1.29 is 4.79 Å². The number of nitrogens with zero attached hydrogens (tertiary/aromatic N) is 4. The summed E-state index contributed by atoms with van der Waals surface area (Å²) in [5.41, 5.74) is 2.66. The third-order valence-electron chi connectivity index (χ3n) is 4.51. The van der Waals surface area contributed by atoms with Crippen LogP contribution in [0.2, 0.25) is 0 Å². The predicted octanol–water partition coefficient (Wildman–Crippen LogP) is 3.01. The van der Waals surface area contributed by atoms with Gasteiger partial charge in [0.15, 0.2) is 0 Å². The van der Waals surface area contributed by atoms with Crippen LogP contribution < -0.4 is 10.9 Å². The van der Waals surface area contributed by atoms with Gasteiger partial charge in [-0.1, -0.05) is 17.7 Å². The van der Waals surface area contributed by atoms with Crippen LogP contribution in [0.5, 0.6) is 0 Å². The number of fused-ring (bicyclic) bond motifs is 3. The minimum absolute atomic E-state index is 0.0499. The Morgan fingerprint density at radius 2 is 1.96 bits per heavy atom. The number of hydrogen-bond acceptors (Lipinski definition) is 5. The third-order valence-corrected chi connectivity index (χ3v) is 5.40. The van der Waals surface area contributed by atoms with Crippen LogP contribution in [0.15, 0.2) is 40.5 Å². The zero-order chi connectivity index (χ0) is 19.0. The largest absolute Gasteiger partial charge is 0.326 e. The smallest absolute Gasteiger partial charge is 0.272 e. The monoisotopic (exact) mass is 381 g/mol. The first-order valence-corrected chi connectivity index (χ1v) is 9.67. The van der Waals surface area contributed by atoms with E-state index in [9.17, 15) is 9.59 Å². The van der Waals surface area contributed by atoms with Crippen LogP contribution in [0.1, 0.15) is 24.7 Å². The summed E-state index contributed by atoms with van der Waals surface area (Å²) in [4.78, 5) is 24.9. The van der Waals surface area contributed by atoms with Crippen LogP contribution in [0.25, 0.3) is 16.0 Å². The Labute approximate surface area is 159 Å². The first kappa shape index (κ1) is 17.4. The molecule has 0 unspecified atom stereocenters. The minimum atomic E-state index is -0.0824. The Morgan fingerprint density at radius 1 is 1.19 bits per heavy atom. The van der Waals surface area contributed by atoms with Crippen LogP contribution in [-0.4, -0.2) is 25.1 Å². The SMILES string of the molecule is CCn1c(=O)c2sccc2n2c(CCC(=O)Nc3ccc(C)cc3)nnc12. The van der Waals surface area contributed by atoms with Crippen LogP contribution in [0, 0.1) is 6.92 Å². The fraction of sp³-hybridized carbons (Fsp3) is 0.263. The first-order valence-electron chi connectivity index (χ1n) is 8.79. The lowest BCUT2D eigenvalue weighted by molar-refractivity contribution is -0.116. The molecule has 3 aromatic heterocycles. The van der Waals surface area contributed by atoms with Crippen LogP contribution >= 0.6 is 11.3 Å². The highest BCUT2D eigenvalue weighted by molar-refractivity contribution is 7.17. The van der Waals surface area contributed by atoms with Crippen molar-refractivity contribution >= 4 is 38.9 Å². The third kappa shape index (κ3) is 3.12. The number of thiophene rings is 1. The molecule has 0 aliphatic carbocycles. The van der Waals surface area contributed by atoms with E-state index >= 15 is 0 Å². The van der Waals surface area contributed by atoms with Crippen molar-refractivity contribution in [2.75, 3.05) is 5.32 Å². The van der Waals surface area contributed by atoms with E-state index in [2.05, 4.69) is 15.5 Å². The molecule has 0 aliphatic rings. The van der Waals surface area contributed by atoms with Gasteiger partial charge in [-0.25, -0.2) is 0 Å². The molecule has 3 heterocycles. The molecule has 1 aromatic carbocycles. The second-order valence-corrected chi connectivity index (χ2v) is 7.27. The Balaban J connectivity index is 1.61. The van der Waals surface area contributed by atoms with Gasteiger partial charge in [0, 0.05) is 25.1 Å². The highest BCUT2D eigenvalue weighted by Gasteiger charge is 2.17. The molecule has 0 radical (unpaired) electrons. The zero-order valence-corrected chi connectivity index (χ0v) is 15.9. The molecule has 27 heavy (non-hydrogen) atoms. The van der Waals surface area contributed by atoms with Crippen molar-refractivity contribution in [1.82, 2.24) is 19.2 Å². The predicted molar refractivity (Wildman–Crippen MR) is 106 cm³/mol. The second-order valence-electron chi connectivity index (χ2n) is 6.35. The highest BCUT2D eigenvalue weighted by atomic mass is 32.1. The molecule has 8 heteroatoms. The van der Waals surface area contributed by atoms with Crippen LogP contribution in [0.4, 0.5) is 5.69 Å². The lowest BCUT2D eigenvalue weighted by Crippen LogP contribution is -2.21. The van der Waals surface area contributed by atoms with Crippen molar-refractivity contribution in [3.63, 3.8) is 0 Å². The van der Waals surface area contributed by atoms with Crippen molar-refractivity contribution in [3.8, 4) is 0 Å². The second kappa shape index (κ2) is 6.96. The van der Waals surface area contributed by atoms with E-state index in [0.29, 0.717) is 29.3 Å². The Bertz CT molecular complexity index is 1190. The van der Waals surface area contributed by atoms with Gasteiger partial charge in [-0.3, -0.25) is 18.6 Å². The molecule has 0 atom stereocenters. The number of aromatic nitrogens is 4. The standard InChI is InChI=1S/C19H19N5O2S/c1-3-23-18(26)17-14(10-11-27-17)24-15(21-22-19(23)24)8-9-16(25)20-13-6-4-12(2)5-7-13/h4-7,10-11H,3,8-9H2,1-2H3,(H,20,25). The number of anilines is 1. The lowest BCUT2D eigenvalue weighted by Gasteiger charge is -2.07. The molecule has 0 bridgehead atoms. The summed E-state index contributed by atoms with van der Waals surface area (Å²) in [5, 5.41) is 13.2. The number of amides is 1. The summed E-state index contributed by atoms with van der Waals surface area (Å²) >= 11 is 1.41. The fourth-order valence-electron chi connectivity index (χ4n) is 3.11. The molecule has 0 saturated heterocycles. The molecular formula is C19H19N5O2S. The van der Waals surface area contributed by atoms with Gasteiger partial charge in [-0.2, -0.15) is 0 Å². The summed E-state index contributed by atoms with van der Waals surface area (Å²) < 4.78 is 4.17. The van der Waals surface area contributed by atoms with E-state index in [1.54, 1.807) is 4.57 Å². The number of aryl methyl sites for hydroxylation is 3. The van der Waals surface area contributed by atoms with Crippen molar-refractivity contribution in [3.05, 3.63) is 57.5 Å². The highest BCUT2D eigenvalue weighted by Crippen LogP contribution is 2.20. The summed E-state index contributed by atoms with van der Waals surface area (Å²) in [5.74, 6) is 1.11. The topological polar surface area (TPSA) is 81.3 Å². The Morgan fingerprint density at radius 3 is 2.70 bits per heavy atom. The lowest BCUT2D eigenvalue weighted by atomic mass is 10.2. The van der Waals surface area contributed by atoms with E-state index in [-0.39, 0.29) is 17.9 Å². The summed E-state index contributed by atoms with van der Waals surface area (Å²) in [6.45, 7) is 4.43. The van der Waals surface area contributed by atoms with Gasteiger partial charge < -0.3 is 5.32 Å². The molecule has 1 amide bonds. The molecule has 4 aromatic rings. The molecule has 0 fully saturated rings. The number of hydrogen-bond donors (Lipinski definition) is 1. The molecule has 0 spiro atoms. The van der Waals surface area contributed by atoms with Gasteiger partial charge in [0.25, 0.3) is 5.56 Å². The first-order chi connectivity index (χ1) is 13.1. The molecular weight excluding hydrogens is 362 g/mol. The van der Waals surface area contributed by atoms with Gasteiger partial charge in [0.2, 0.25) is 11.7 Å². The van der Waals surface area contributed by atoms with E-state index in [1.165, 1.54) is 11.3 Å². The van der Waals surface area contributed by atoms with Crippen molar-refractivity contribution in [2.45, 2.75) is 33.2 Å². The van der Waals surface area contributed by atoms with Crippen LogP contribution in [-0.2, 0) is 17.8 Å². The molecule has 0 aliphatic heterocycles. The number of carbonyl (C=O) groups is 1.